The van der Waals surface area contributed by atoms with Crippen LogP contribution in [0.3, 0.4) is 0 Å². The predicted molar refractivity (Wildman–Crippen MR) is 140 cm³/mol. The van der Waals surface area contributed by atoms with Gasteiger partial charge >= 0.3 is 5.97 Å². The summed E-state index contributed by atoms with van der Waals surface area (Å²) in [6.45, 7) is 5.61. The average Bonchev–Trinajstić information content (AvgIpc) is 3.36. The summed E-state index contributed by atoms with van der Waals surface area (Å²) in [5.74, 6) is 0.0447. The van der Waals surface area contributed by atoms with E-state index in [1.54, 1.807) is 30.5 Å². The zero-order valence-electron chi connectivity index (χ0n) is 20.9. The topological polar surface area (TPSA) is 116 Å². The Morgan fingerprint density at radius 2 is 1.89 bits per heavy atom. The molecule has 1 N–H and O–H groups in total. The van der Waals surface area contributed by atoms with Crippen molar-refractivity contribution in [3.63, 3.8) is 0 Å². The zero-order valence-corrected chi connectivity index (χ0v) is 22.5. The highest BCUT2D eigenvalue weighted by molar-refractivity contribution is 7.92. The number of carbonyl (C=O) groups excluding carboxylic acids is 1. The van der Waals surface area contributed by atoms with Crippen molar-refractivity contribution in [1.29, 1.82) is 0 Å². The number of hydrogen-bond donors (Lipinski definition) is 1. The molecular weight excluding hydrogens is 516 g/mol. The summed E-state index contributed by atoms with van der Waals surface area (Å²) in [7, 11) is -2.82. The molecule has 0 unspecified atom stereocenters. The molecule has 0 saturated carbocycles. The Morgan fingerprint density at radius 3 is 2.51 bits per heavy atom. The zero-order chi connectivity index (χ0) is 26.7. The number of esters is 1. The van der Waals surface area contributed by atoms with E-state index in [0.29, 0.717) is 34.6 Å². The number of aromatic nitrogens is 3. The lowest BCUT2D eigenvalue weighted by Gasteiger charge is -2.15. The Morgan fingerprint density at radius 1 is 1.16 bits per heavy atom. The number of aryl methyl sites for hydroxylation is 2. The van der Waals surface area contributed by atoms with E-state index in [1.165, 1.54) is 7.11 Å². The molecule has 0 radical (unpaired) electrons. The van der Waals surface area contributed by atoms with E-state index in [4.69, 9.17) is 20.9 Å². The third kappa shape index (κ3) is 5.40. The second-order valence-corrected chi connectivity index (χ2v) is 10.5. The maximum absolute atomic E-state index is 13.6. The minimum Gasteiger partial charge on any atom is -0.464 e. The largest absolute Gasteiger partial charge is 0.464 e. The first-order valence-electron chi connectivity index (χ1n) is 11.6. The average molecular weight is 543 g/mol. The van der Waals surface area contributed by atoms with Crippen LogP contribution in [0.15, 0.2) is 57.9 Å². The molecule has 0 aliphatic rings. The first-order valence-corrected chi connectivity index (χ1v) is 13.5. The second kappa shape index (κ2) is 10.8. The number of halogens is 1. The Balaban J connectivity index is 1.84. The first kappa shape index (κ1) is 26.4. The maximum atomic E-state index is 13.6. The van der Waals surface area contributed by atoms with Gasteiger partial charge in [-0.05, 0) is 37.5 Å². The van der Waals surface area contributed by atoms with Crippen LogP contribution < -0.4 is 4.72 Å². The number of rotatable bonds is 9. The van der Waals surface area contributed by atoms with E-state index < -0.39 is 16.0 Å². The van der Waals surface area contributed by atoms with Crippen LogP contribution in [0.5, 0.6) is 0 Å². The van der Waals surface area contributed by atoms with Crippen LogP contribution >= 0.6 is 11.6 Å². The fourth-order valence-electron chi connectivity index (χ4n) is 3.96. The minimum atomic E-state index is -4.09. The summed E-state index contributed by atoms with van der Waals surface area (Å²) in [4.78, 5) is 16.9. The highest BCUT2D eigenvalue weighted by Crippen LogP contribution is 2.32. The molecule has 11 heteroatoms. The third-order valence-corrected chi connectivity index (χ3v) is 7.64. The number of imidazole rings is 1. The van der Waals surface area contributed by atoms with Crippen molar-refractivity contribution in [2.45, 2.75) is 45.1 Å². The number of nitrogens with one attached hydrogen (secondary N) is 1. The van der Waals surface area contributed by atoms with Gasteiger partial charge in [0.05, 0.1) is 17.7 Å². The van der Waals surface area contributed by atoms with Gasteiger partial charge in [-0.15, -0.1) is 0 Å². The molecule has 2 aromatic carbocycles. The van der Waals surface area contributed by atoms with Crippen molar-refractivity contribution in [2.75, 3.05) is 11.8 Å². The summed E-state index contributed by atoms with van der Waals surface area (Å²) in [6.07, 6.45) is 1.36. The van der Waals surface area contributed by atoms with Gasteiger partial charge in [0.15, 0.2) is 10.8 Å². The molecule has 2 heterocycles. The number of nitrogens with zero attached hydrogens (tertiary/aromatic N) is 3. The predicted octanol–water partition coefficient (Wildman–Crippen LogP) is 5.40. The normalized spacial score (nSPS) is 11.5. The molecule has 2 aromatic heterocycles. The van der Waals surface area contributed by atoms with Gasteiger partial charge in [0.1, 0.15) is 5.82 Å². The van der Waals surface area contributed by atoms with Gasteiger partial charge in [0.2, 0.25) is 5.88 Å². The summed E-state index contributed by atoms with van der Waals surface area (Å²) in [5.41, 5.74) is 3.17. The highest BCUT2D eigenvalue weighted by atomic mass is 35.5. The van der Waals surface area contributed by atoms with Gasteiger partial charge in [0.25, 0.3) is 10.0 Å². The molecule has 194 valence electrons. The number of carbonyl (C=O) groups is 1. The molecule has 0 aliphatic carbocycles. The third-order valence-electron chi connectivity index (χ3n) is 6.00. The number of sulfonamides is 1. The van der Waals surface area contributed by atoms with Crippen molar-refractivity contribution in [2.24, 2.45) is 0 Å². The summed E-state index contributed by atoms with van der Waals surface area (Å²) < 4.78 is 41.6. The lowest BCUT2D eigenvalue weighted by atomic mass is 10.0. The van der Waals surface area contributed by atoms with E-state index in [1.807, 2.05) is 43.3 Å². The molecule has 4 rings (SSSR count). The van der Waals surface area contributed by atoms with Gasteiger partial charge in [-0.2, -0.15) is 0 Å². The molecule has 0 saturated heterocycles. The van der Waals surface area contributed by atoms with E-state index >= 15 is 0 Å². The smallest absolute Gasteiger partial charge is 0.357 e. The second-order valence-electron chi connectivity index (χ2n) is 8.52. The lowest BCUT2D eigenvalue weighted by Crippen LogP contribution is -2.17. The van der Waals surface area contributed by atoms with Crippen LogP contribution in [0.4, 0.5) is 5.88 Å². The van der Waals surface area contributed by atoms with Crippen LogP contribution in [0.2, 0.25) is 5.15 Å². The van der Waals surface area contributed by atoms with Crippen molar-refractivity contribution >= 4 is 33.5 Å². The SMILES string of the molecule is CCCc1nc(Cl)c(C(=O)OC)n1Cc1ccc(-c2ccccc2)c(S(=O)(=O)Nc2onc(C)c2C)c1. The molecule has 4 aromatic rings. The Hall–Kier alpha value is -3.63. The molecule has 0 atom stereocenters. The van der Waals surface area contributed by atoms with Crippen molar-refractivity contribution < 1.29 is 22.5 Å². The molecule has 9 nitrogen and oxygen atoms in total. The molecule has 0 amide bonds. The van der Waals surface area contributed by atoms with Gasteiger partial charge in [-0.3, -0.25) is 0 Å². The Labute approximate surface area is 220 Å². The highest BCUT2D eigenvalue weighted by Gasteiger charge is 2.26. The van der Waals surface area contributed by atoms with Crippen LogP contribution in [0.25, 0.3) is 11.1 Å². The Bertz CT molecular complexity index is 1540. The minimum absolute atomic E-state index is 0.0434. The van der Waals surface area contributed by atoms with E-state index in [0.717, 1.165) is 12.0 Å². The monoisotopic (exact) mass is 542 g/mol. The number of methoxy groups -OCH3 is 1. The number of ether oxygens (including phenoxy) is 1. The van der Waals surface area contributed by atoms with E-state index in [-0.39, 0.29) is 28.2 Å². The maximum Gasteiger partial charge on any atom is 0.357 e. The fraction of sp³-hybridized carbons (Fsp3) is 0.269. The van der Waals surface area contributed by atoms with Crippen LogP contribution in [-0.2, 0) is 27.7 Å². The van der Waals surface area contributed by atoms with Crippen LogP contribution in [-0.4, -0.2) is 36.2 Å². The van der Waals surface area contributed by atoms with Crippen molar-refractivity contribution in [3.8, 4) is 11.1 Å². The Kier molecular flexibility index (Phi) is 7.70. The van der Waals surface area contributed by atoms with Crippen molar-refractivity contribution in [1.82, 2.24) is 14.7 Å². The lowest BCUT2D eigenvalue weighted by molar-refractivity contribution is 0.0588. The first-order chi connectivity index (χ1) is 17.7. The van der Waals surface area contributed by atoms with Gasteiger partial charge < -0.3 is 13.8 Å². The van der Waals surface area contributed by atoms with Crippen LogP contribution in [0.1, 0.15) is 46.5 Å². The molecule has 0 fully saturated rings. The number of benzene rings is 2. The molecule has 0 bridgehead atoms. The van der Waals surface area contributed by atoms with Gasteiger partial charge in [-0.1, -0.05) is 66.1 Å². The standard InChI is InChI=1S/C26H27ClN4O5S/c1-5-9-22-28-24(27)23(26(32)35-4)31(22)15-18-12-13-20(19-10-7-6-8-11-19)21(14-18)37(33,34)30-25-16(2)17(3)29-36-25/h6-8,10-14,30H,5,9,15H2,1-4H3. The van der Waals surface area contributed by atoms with Gasteiger partial charge in [0, 0.05) is 24.1 Å². The van der Waals surface area contributed by atoms with E-state index in [2.05, 4.69) is 14.9 Å². The fourth-order valence-corrected chi connectivity index (χ4v) is 5.56. The summed E-state index contributed by atoms with van der Waals surface area (Å²) >= 11 is 6.29. The summed E-state index contributed by atoms with van der Waals surface area (Å²) in [5, 5.41) is 3.89. The summed E-state index contributed by atoms with van der Waals surface area (Å²) in [6, 6.07) is 14.3. The molecule has 37 heavy (non-hydrogen) atoms. The number of hydrogen-bond acceptors (Lipinski definition) is 7. The van der Waals surface area contributed by atoms with Gasteiger partial charge in [-0.25, -0.2) is 22.9 Å². The van der Waals surface area contributed by atoms with Crippen LogP contribution in [0, 0.1) is 13.8 Å². The molecular formula is C26H27ClN4O5S. The molecule has 0 aliphatic heterocycles. The number of anilines is 1. The quantitative estimate of drug-likeness (QED) is 0.281. The van der Waals surface area contributed by atoms with Crippen molar-refractivity contribution in [3.05, 3.63) is 82.0 Å². The molecule has 0 spiro atoms. The van der Waals surface area contributed by atoms with E-state index in [9.17, 15) is 13.2 Å².